The molecule has 1 unspecified atom stereocenters. The van der Waals surface area contributed by atoms with Gasteiger partial charge in [-0.1, -0.05) is 41.9 Å². The fourth-order valence-corrected chi connectivity index (χ4v) is 3.90. The average molecular weight is 373 g/mol. The number of nitrogens with one attached hydrogen (secondary N) is 1. The van der Waals surface area contributed by atoms with Crippen LogP contribution >= 0.6 is 11.6 Å². The van der Waals surface area contributed by atoms with Crippen LogP contribution in [0.25, 0.3) is 0 Å². The molecule has 0 bridgehead atoms. The zero-order valence-corrected chi connectivity index (χ0v) is 14.9. The van der Waals surface area contributed by atoms with Crippen LogP contribution in [0.15, 0.2) is 36.4 Å². The van der Waals surface area contributed by atoms with E-state index >= 15 is 0 Å². The molecule has 26 heavy (non-hydrogen) atoms. The predicted molar refractivity (Wildman–Crippen MR) is 96.6 cm³/mol. The summed E-state index contributed by atoms with van der Waals surface area (Å²) in [7, 11) is 1.49. The fourth-order valence-electron chi connectivity index (χ4n) is 3.59. The third-order valence-corrected chi connectivity index (χ3v) is 4.94. The molecular formula is C19H17ClN2O4. The molecule has 7 heteroatoms. The SMILES string of the molecule is COc1c(Cl)cc2c(c1C1OC(=O)NC1=O)N(Cc1ccccc1)CC2. The van der Waals surface area contributed by atoms with Crippen LogP contribution in [0.3, 0.4) is 0 Å². The second kappa shape index (κ2) is 6.53. The molecule has 0 aromatic heterocycles. The molecule has 4 rings (SSSR count). The van der Waals surface area contributed by atoms with Gasteiger partial charge in [-0.15, -0.1) is 0 Å². The zero-order valence-electron chi connectivity index (χ0n) is 14.1. The van der Waals surface area contributed by atoms with Crippen LogP contribution in [0.1, 0.15) is 22.8 Å². The summed E-state index contributed by atoms with van der Waals surface area (Å²) in [6.07, 6.45) is -1.04. The average Bonchev–Trinajstić information content (AvgIpc) is 3.17. The minimum Gasteiger partial charge on any atom is -0.495 e. The zero-order chi connectivity index (χ0) is 18.3. The highest BCUT2D eigenvalue weighted by Crippen LogP contribution is 2.47. The van der Waals surface area contributed by atoms with Gasteiger partial charge in [0.2, 0.25) is 6.10 Å². The van der Waals surface area contributed by atoms with Gasteiger partial charge in [0.1, 0.15) is 5.75 Å². The molecule has 2 amide bonds. The van der Waals surface area contributed by atoms with Gasteiger partial charge in [-0.3, -0.25) is 10.1 Å². The van der Waals surface area contributed by atoms with Gasteiger partial charge in [-0.2, -0.15) is 0 Å². The van der Waals surface area contributed by atoms with Crippen LogP contribution in [0.4, 0.5) is 10.5 Å². The molecule has 1 N–H and O–H groups in total. The number of fused-ring (bicyclic) bond motifs is 1. The molecule has 2 aliphatic rings. The summed E-state index contributed by atoms with van der Waals surface area (Å²) in [4.78, 5) is 26.0. The van der Waals surface area contributed by atoms with Crippen LogP contribution in [0.2, 0.25) is 5.02 Å². The molecule has 2 heterocycles. The normalized spacial score (nSPS) is 18.5. The maximum atomic E-state index is 12.3. The van der Waals surface area contributed by atoms with Crippen molar-refractivity contribution in [3.8, 4) is 5.75 Å². The number of benzene rings is 2. The quantitative estimate of drug-likeness (QED) is 0.892. The van der Waals surface area contributed by atoms with Crippen LogP contribution < -0.4 is 15.0 Å². The lowest BCUT2D eigenvalue weighted by atomic mass is 10.0. The molecule has 2 aromatic rings. The Kier molecular flexibility index (Phi) is 4.20. The van der Waals surface area contributed by atoms with E-state index < -0.39 is 18.1 Å². The van der Waals surface area contributed by atoms with Crippen LogP contribution in [-0.4, -0.2) is 25.7 Å². The Bertz CT molecular complexity index is 885. The van der Waals surface area contributed by atoms with E-state index in [-0.39, 0.29) is 0 Å². The Morgan fingerprint density at radius 2 is 2.08 bits per heavy atom. The van der Waals surface area contributed by atoms with Crippen LogP contribution in [0, 0.1) is 0 Å². The number of imide groups is 1. The van der Waals surface area contributed by atoms with E-state index in [1.54, 1.807) is 0 Å². The number of cyclic esters (lactones) is 1. The summed E-state index contributed by atoms with van der Waals surface area (Å²) >= 11 is 6.37. The van der Waals surface area contributed by atoms with Gasteiger partial charge in [-0.25, -0.2) is 4.79 Å². The van der Waals surface area contributed by atoms with Crippen molar-refractivity contribution in [2.75, 3.05) is 18.6 Å². The molecule has 0 saturated carbocycles. The Balaban J connectivity index is 1.82. The first-order valence-electron chi connectivity index (χ1n) is 8.28. The summed E-state index contributed by atoms with van der Waals surface area (Å²) in [5.41, 5.74) is 3.52. The summed E-state index contributed by atoms with van der Waals surface area (Å²) in [6, 6.07) is 11.9. The Labute approximate surface area is 155 Å². The van der Waals surface area contributed by atoms with Crippen molar-refractivity contribution in [2.45, 2.75) is 19.1 Å². The number of carbonyl (C=O) groups excluding carboxylic acids is 2. The minimum atomic E-state index is -1.07. The van der Waals surface area contributed by atoms with E-state index in [0.717, 1.165) is 29.8 Å². The van der Waals surface area contributed by atoms with E-state index in [4.69, 9.17) is 21.1 Å². The number of carbonyl (C=O) groups is 2. The van der Waals surface area contributed by atoms with Crippen molar-refractivity contribution in [2.24, 2.45) is 0 Å². The molecule has 0 radical (unpaired) electrons. The van der Waals surface area contributed by atoms with Crippen molar-refractivity contribution < 1.29 is 19.1 Å². The van der Waals surface area contributed by atoms with Crippen molar-refractivity contribution in [3.05, 3.63) is 58.1 Å². The second-order valence-corrected chi connectivity index (χ2v) is 6.65. The smallest absolute Gasteiger partial charge is 0.415 e. The third-order valence-electron chi connectivity index (χ3n) is 4.66. The van der Waals surface area contributed by atoms with Gasteiger partial charge in [0, 0.05) is 13.1 Å². The van der Waals surface area contributed by atoms with Crippen molar-refractivity contribution in [1.82, 2.24) is 5.32 Å². The molecule has 2 aliphatic heterocycles. The van der Waals surface area contributed by atoms with Crippen LogP contribution in [0.5, 0.6) is 5.75 Å². The largest absolute Gasteiger partial charge is 0.495 e. The molecule has 0 spiro atoms. The number of hydrogen-bond donors (Lipinski definition) is 1. The van der Waals surface area contributed by atoms with Gasteiger partial charge < -0.3 is 14.4 Å². The van der Waals surface area contributed by atoms with Gasteiger partial charge in [-0.05, 0) is 23.6 Å². The first-order chi connectivity index (χ1) is 12.6. The van der Waals surface area contributed by atoms with E-state index in [1.807, 2.05) is 36.4 Å². The summed E-state index contributed by atoms with van der Waals surface area (Å²) < 4.78 is 10.7. The molecular weight excluding hydrogens is 356 g/mol. The second-order valence-electron chi connectivity index (χ2n) is 6.24. The van der Waals surface area contributed by atoms with Gasteiger partial charge in [0.05, 0.1) is 23.4 Å². The molecule has 2 aromatic carbocycles. The third kappa shape index (κ3) is 2.76. The summed E-state index contributed by atoms with van der Waals surface area (Å²) in [6.45, 7) is 1.46. The lowest BCUT2D eigenvalue weighted by Gasteiger charge is -2.25. The fraction of sp³-hybridized carbons (Fsp3) is 0.263. The number of amides is 2. The number of alkyl carbamates (subject to hydrolysis) is 1. The molecule has 6 nitrogen and oxygen atoms in total. The maximum absolute atomic E-state index is 12.3. The monoisotopic (exact) mass is 372 g/mol. The van der Waals surface area contributed by atoms with Gasteiger partial charge in [0.25, 0.3) is 5.91 Å². The molecule has 1 atom stereocenters. The molecule has 134 valence electrons. The van der Waals surface area contributed by atoms with E-state index in [2.05, 4.69) is 10.2 Å². The van der Waals surface area contributed by atoms with E-state index in [1.165, 1.54) is 7.11 Å². The van der Waals surface area contributed by atoms with Crippen molar-refractivity contribution >= 4 is 29.3 Å². The number of nitrogens with zero attached hydrogens (tertiary/aromatic N) is 1. The number of anilines is 1. The van der Waals surface area contributed by atoms with Crippen LogP contribution in [-0.2, 0) is 22.5 Å². The minimum absolute atomic E-state index is 0.361. The van der Waals surface area contributed by atoms with Gasteiger partial charge >= 0.3 is 6.09 Å². The number of hydrogen-bond acceptors (Lipinski definition) is 5. The first-order valence-corrected chi connectivity index (χ1v) is 8.66. The van der Waals surface area contributed by atoms with Gasteiger partial charge in [0.15, 0.2) is 0 Å². The first kappa shape index (κ1) is 16.7. The Morgan fingerprint density at radius 3 is 2.73 bits per heavy atom. The maximum Gasteiger partial charge on any atom is 0.415 e. The Hall–Kier alpha value is -2.73. The standard InChI is InChI=1S/C19H17ClN2O4/c1-25-16-13(20)9-12-7-8-22(10-11-5-3-2-4-6-11)15(12)14(16)17-18(23)21-19(24)26-17/h2-6,9,17H,7-8,10H2,1H3,(H,21,23,24). The lowest BCUT2D eigenvalue weighted by molar-refractivity contribution is -0.123. The highest BCUT2D eigenvalue weighted by molar-refractivity contribution is 6.32. The highest BCUT2D eigenvalue weighted by Gasteiger charge is 2.41. The molecule has 1 fully saturated rings. The number of methoxy groups -OCH3 is 1. The number of rotatable bonds is 4. The van der Waals surface area contributed by atoms with Crippen molar-refractivity contribution in [1.29, 1.82) is 0 Å². The van der Waals surface area contributed by atoms with E-state index in [9.17, 15) is 9.59 Å². The van der Waals surface area contributed by atoms with Crippen molar-refractivity contribution in [3.63, 3.8) is 0 Å². The summed E-state index contributed by atoms with van der Waals surface area (Å²) in [5, 5.41) is 2.58. The Morgan fingerprint density at radius 1 is 1.31 bits per heavy atom. The van der Waals surface area contributed by atoms with E-state index in [0.29, 0.717) is 22.9 Å². The topological polar surface area (TPSA) is 67.9 Å². The highest BCUT2D eigenvalue weighted by atomic mass is 35.5. The molecule has 0 aliphatic carbocycles. The number of halogens is 1. The predicted octanol–water partition coefficient (Wildman–Crippen LogP) is 3.22. The number of ether oxygens (including phenoxy) is 2. The molecule has 1 saturated heterocycles. The lowest BCUT2D eigenvalue weighted by Crippen LogP contribution is -2.24. The summed E-state index contributed by atoms with van der Waals surface area (Å²) in [5.74, 6) is -0.149.